The Morgan fingerprint density at radius 2 is 1.68 bits per heavy atom. The van der Waals surface area contributed by atoms with E-state index in [9.17, 15) is 4.79 Å². The van der Waals surface area contributed by atoms with Crippen LogP contribution in [0, 0.1) is 13.8 Å². The highest BCUT2D eigenvalue weighted by Crippen LogP contribution is 2.41. The standard InChI is InChI=1S/C24H30ClNO2/c1-4-14-28-22-17(2)15-21(16-18(22)3)26-23(27)24(12-6-5-7-13-24)19-8-10-20(25)11-9-19/h8-11,15-16H,4-7,12-14H2,1-3H3,(H,26,27). The second kappa shape index (κ2) is 9.00. The van der Waals surface area contributed by atoms with Gasteiger partial charge in [0.15, 0.2) is 0 Å². The number of rotatable bonds is 6. The van der Waals surface area contributed by atoms with Gasteiger partial charge in [0.05, 0.1) is 12.0 Å². The number of aryl methyl sites for hydroxylation is 2. The van der Waals surface area contributed by atoms with Crippen LogP contribution in [0.3, 0.4) is 0 Å². The van der Waals surface area contributed by atoms with Gasteiger partial charge in [-0.15, -0.1) is 0 Å². The van der Waals surface area contributed by atoms with E-state index in [2.05, 4.69) is 12.2 Å². The van der Waals surface area contributed by atoms with E-state index in [0.29, 0.717) is 11.6 Å². The number of carbonyl (C=O) groups is 1. The Balaban J connectivity index is 1.87. The van der Waals surface area contributed by atoms with Crippen molar-refractivity contribution in [1.29, 1.82) is 0 Å². The molecule has 1 N–H and O–H groups in total. The van der Waals surface area contributed by atoms with Gasteiger partial charge in [-0.25, -0.2) is 0 Å². The molecular weight excluding hydrogens is 370 g/mol. The number of benzene rings is 2. The molecule has 2 aromatic rings. The van der Waals surface area contributed by atoms with Crippen LogP contribution in [-0.2, 0) is 10.2 Å². The topological polar surface area (TPSA) is 38.3 Å². The molecule has 150 valence electrons. The highest BCUT2D eigenvalue weighted by atomic mass is 35.5. The van der Waals surface area contributed by atoms with Crippen LogP contribution >= 0.6 is 11.6 Å². The molecule has 1 amide bonds. The number of ether oxygens (including phenoxy) is 1. The Kier molecular flexibility index (Phi) is 6.66. The number of nitrogens with one attached hydrogen (secondary N) is 1. The summed E-state index contributed by atoms with van der Waals surface area (Å²) in [5.41, 5.74) is 3.51. The molecule has 0 spiro atoms. The van der Waals surface area contributed by atoms with Crippen molar-refractivity contribution >= 4 is 23.2 Å². The number of halogens is 1. The average molecular weight is 400 g/mol. The highest BCUT2D eigenvalue weighted by molar-refractivity contribution is 6.30. The van der Waals surface area contributed by atoms with E-state index < -0.39 is 5.41 Å². The van der Waals surface area contributed by atoms with E-state index >= 15 is 0 Å². The summed E-state index contributed by atoms with van der Waals surface area (Å²) in [5.74, 6) is 1.00. The molecule has 1 aliphatic rings. The first-order valence-corrected chi connectivity index (χ1v) is 10.7. The molecular formula is C24H30ClNO2. The molecule has 1 aliphatic carbocycles. The lowest BCUT2D eigenvalue weighted by Crippen LogP contribution is -2.42. The largest absolute Gasteiger partial charge is 0.493 e. The number of amides is 1. The molecule has 0 radical (unpaired) electrons. The van der Waals surface area contributed by atoms with E-state index in [1.807, 2.05) is 50.2 Å². The number of hydrogen-bond acceptors (Lipinski definition) is 2. The van der Waals surface area contributed by atoms with Crippen molar-refractivity contribution in [3.63, 3.8) is 0 Å². The summed E-state index contributed by atoms with van der Waals surface area (Å²) >= 11 is 6.08. The van der Waals surface area contributed by atoms with Gasteiger partial charge in [0, 0.05) is 10.7 Å². The molecule has 0 bridgehead atoms. The van der Waals surface area contributed by atoms with Gasteiger partial charge in [-0.05, 0) is 74.1 Å². The molecule has 4 heteroatoms. The smallest absolute Gasteiger partial charge is 0.235 e. The third kappa shape index (κ3) is 4.35. The fraction of sp³-hybridized carbons (Fsp3) is 0.458. The first-order chi connectivity index (χ1) is 13.5. The van der Waals surface area contributed by atoms with E-state index in [1.165, 1.54) is 6.42 Å². The lowest BCUT2D eigenvalue weighted by Gasteiger charge is -2.36. The summed E-state index contributed by atoms with van der Waals surface area (Å²) in [5, 5.41) is 3.90. The van der Waals surface area contributed by atoms with Crippen molar-refractivity contribution in [2.75, 3.05) is 11.9 Å². The first-order valence-electron chi connectivity index (χ1n) is 10.3. The van der Waals surface area contributed by atoms with E-state index in [4.69, 9.17) is 16.3 Å². The van der Waals surface area contributed by atoms with E-state index in [0.717, 1.165) is 60.2 Å². The molecule has 0 aromatic heterocycles. The summed E-state index contributed by atoms with van der Waals surface area (Å²) in [6.45, 7) is 6.86. The minimum absolute atomic E-state index is 0.0792. The van der Waals surface area contributed by atoms with Gasteiger partial charge in [-0.2, -0.15) is 0 Å². The lowest BCUT2D eigenvalue weighted by atomic mass is 9.68. The molecule has 3 rings (SSSR count). The quantitative estimate of drug-likeness (QED) is 0.595. The van der Waals surface area contributed by atoms with Crippen molar-refractivity contribution in [1.82, 2.24) is 0 Å². The zero-order valence-corrected chi connectivity index (χ0v) is 17.9. The fourth-order valence-corrected chi connectivity index (χ4v) is 4.40. The number of anilines is 1. The van der Waals surface area contributed by atoms with Crippen LogP contribution in [0.4, 0.5) is 5.69 Å². The molecule has 0 saturated heterocycles. The Morgan fingerprint density at radius 3 is 2.25 bits per heavy atom. The molecule has 2 aromatic carbocycles. The first kappa shape index (κ1) is 20.7. The highest BCUT2D eigenvalue weighted by Gasteiger charge is 2.41. The van der Waals surface area contributed by atoms with Gasteiger partial charge < -0.3 is 10.1 Å². The van der Waals surface area contributed by atoms with Crippen molar-refractivity contribution in [3.8, 4) is 5.75 Å². The predicted octanol–water partition coefficient (Wildman–Crippen LogP) is 6.59. The third-order valence-electron chi connectivity index (χ3n) is 5.71. The van der Waals surface area contributed by atoms with Crippen molar-refractivity contribution in [3.05, 3.63) is 58.1 Å². The molecule has 0 unspecified atom stereocenters. The fourth-order valence-electron chi connectivity index (χ4n) is 4.28. The Bertz CT molecular complexity index is 800. The second-order valence-corrected chi connectivity index (χ2v) is 8.33. The van der Waals surface area contributed by atoms with Crippen LogP contribution in [0.15, 0.2) is 36.4 Å². The van der Waals surface area contributed by atoms with Gasteiger partial charge >= 0.3 is 0 Å². The zero-order valence-electron chi connectivity index (χ0n) is 17.1. The lowest BCUT2D eigenvalue weighted by molar-refractivity contribution is -0.122. The van der Waals surface area contributed by atoms with Crippen LogP contribution in [0.1, 0.15) is 62.1 Å². The molecule has 0 heterocycles. The third-order valence-corrected chi connectivity index (χ3v) is 5.96. The van der Waals surface area contributed by atoms with Crippen molar-refractivity contribution in [2.24, 2.45) is 0 Å². The van der Waals surface area contributed by atoms with E-state index in [1.54, 1.807) is 0 Å². The molecule has 28 heavy (non-hydrogen) atoms. The van der Waals surface area contributed by atoms with E-state index in [-0.39, 0.29) is 5.91 Å². The van der Waals surface area contributed by atoms with Crippen molar-refractivity contribution < 1.29 is 9.53 Å². The van der Waals surface area contributed by atoms with Gasteiger partial charge in [0.1, 0.15) is 5.75 Å². The monoisotopic (exact) mass is 399 g/mol. The predicted molar refractivity (Wildman–Crippen MR) is 117 cm³/mol. The van der Waals surface area contributed by atoms with Crippen LogP contribution in [0.2, 0.25) is 5.02 Å². The minimum Gasteiger partial charge on any atom is -0.493 e. The average Bonchev–Trinajstić information content (AvgIpc) is 2.68. The normalized spacial score (nSPS) is 15.9. The summed E-state index contributed by atoms with van der Waals surface area (Å²) in [6, 6.07) is 11.8. The van der Waals surface area contributed by atoms with Crippen LogP contribution in [0.25, 0.3) is 0 Å². The summed E-state index contributed by atoms with van der Waals surface area (Å²) in [4.78, 5) is 13.5. The minimum atomic E-state index is -0.484. The van der Waals surface area contributed by atoms with Crippen LogP contribution in [-0.4, -0.2) is 12.5 Å². The second-order valence-electron chi connectivity index (χ2n) is 7.89. The van der Waals surface area contributed by atoms with Crippen LogP contribution in [0.5, 0.6) is 5.75 Å². The van der Waals surface area contributed by atoms with Gasteiger partial charge in [-0.1, -0.05) is 49.9 Å². The van der Waals surface area contributed by atoms with Gasteiger partial charge in [-0.3, -0.25) is 4.79 Å². The number of carbonyl (C=O) groups excluding carboxylic acids is 1. The molecule has 1 saturated carbocycles. The number of hydrogen-bond donors (Lipinski definition) is 1. The van der Waals surface area contributed by atoms with Crippen molar-refractivity contribution in [2.45, 2.75) is 64.7 Å². The molecule has 3 nitrogen and oxygen atoms in total. The maximum absolute atomic E-state index is 13.5. The van der Waals surface area contributed by atoms with Gasteiger partial charge in [0.25, 0.3) is 0 Å². The maximum Gasteiger partial charge on any atom is 0.235 e. The zero-order chi connectivity index (χ0) is 20.1. The Labute approximate surface area is 173 Å². The maximum atomic E-state index is 13.5. The summed E-state index contributed by atoms with van der Waals surface area (Å²) < 4.78 is 5.87. The SMILES string of the molecule is CCCOc1c(C)cc(NC(=O)C2(c3ccc(Cl)cc3)CCCCC2)cc1C. The summed E-state index contributed by atoms with van der Waals surface area (Å²) in [6.07, 6.45) is 6.04. The Hall–Kier alpha value is -2.00. The molecule has 0 atom stereocenters. The summed E-state index contributed by atoms with van der Waals surface area (Å²) in [7, 11) is 0. The van der Waals surface area contributed by atoms with Gasteiger partial charge in [0.2, 0.25) is 5.91 Å². The van der Waals surface area contributed by atoms with Crippen LogP contribution < -0.4 is 10.1 Å². The molecule has 0 aliphatic heterocycles. The Morgan fingerprint density at radius 1 is 1.07 bits per heavy atom. The molecule has 1 fully saturated rings.